The van der Waals surface area contributed by atoms with Crippen molar-refractivity contribution in [2.75, 3.05) is 13.1 Å². The number of hydrogen-bond donors (Lipinski definition) is 1. The maximum absolute atomic E-state index is 3.45. The van der Waals surface area contributed by atoms with Crippen LogP contribution in [0.25, 0.3) is 10.4 Å². The van der Waals surface area contributed by atoms with E-state index < -0.39 is 0 Å². The number of benzene rings is 1. The zero-order chi connectivity index (χ0) is 10.8. The Balaban J connectivity index is 2.04. The highest BCUT2D eigenvalue weighted by molar-refractivity contribution is 7.13. The SMILES string of the molecule is c1csc(-c2ccccc2C2CCNC2)c1. The minimum absolute atomic E-state index is 0.693. The molecule has 1 aromatic heterocycles. The van der Waals surface area contributed by atoms with Crippen LogP contribution in [0.5, 0.6) is 0 Å². The highest BCUT2D eigenvalue weighted by atomic mass is 32.1. The fourth-order valence-corrected chi connectivity index (χ4v) is 3.20. The molecule has 2 heterocycles. The summed E-state index contributed by atoms with van der Waals surface area (Å²) in [6.45, 7) is 2.28. The van der Waals surface area contributed by atoms with E-state index in [9.17, 15) is 0 Å². The van der Waals surface area contributed by atoms with Crippen LogP contribution in [-0.4, -0.2) is 13.1 Å². The molecule has 1 nitrogen and oxygen atoms in total. The van der Waals surface area contributed by atoms with Gasteiger partial charge in [0, 0.05) is 11.4 Å². The first-order valence-electron chi connectivity index (χ1n) is 5.78. The van der Waals surface area contributed by atoms with Crippen LogP contribution in [0.3, 0.4) is 0 Å². The van der Waals surface area contributed by atoms with E-state index in [-0.39, 0.29) is 0 Å². The molecule has 82 valence electrons. The van der Waals surface area contributed by atoms with E-state index >= 15 is 0 Å². The predicted molar refractivity (Wildman–Crippen MR) is 70.0 cm³/mol. The Kier molecular flexibility index (Phi) is 2.77. The molecule has 2 aromatic rings. The van der Waals surface area contributed by atoms with Gasteiger partial charge in [-0.25, -0.2) is 0 Å². The Morgan fingerprint density at radius 3 is 2.81 bits per heavy atom. The van der Waals surface area contributed by atoms with Gasteiger partial charge in [0.2, 0.25) is 0 Å². The van der Waals surface area contributed by atoms with Gasteiger partial charge in [-0.3, -0.25) is 0 Å². The second kappa shape index (κ2) is 4.40. The quantitative estimate of drug-likeness (QED) is 0.831. The monoisotopic (exact) mass is 229 g/mol. The molecule has 1 aliphatic rings. The largest absolute Gasteiger partial charge is 0.316 e. The fourth-order valence-electron chi connectivity index (χ4n) is 2.43. The maximum atomic E-state index is 3.45. The van der Waals surface area contributed by atoms with Crippen molar-refractivity contribution in [1.29, 1.82) is 0 Å². The zero-order valence-corrected chi connectivity index (χ0v) is 9.96. The van der Waals surface area contributed by atoms with Crippen molar-refractivity contribution in [1.82, 2.24) is 5.32 Å². The maximum Gasteiger partial charge on any atom is 0.0345 e. The summed E-state index contributed by atoms with van der Waals surface area (Å²) in [7, 11) is 0. The molecule has 1 unspecified atom stereocenters. The zero-order valence-electron chi connectivity index (χ0n) is 9.15. The Labute approximate surface area is 100 Å². The molecule has 2 heteroatoms. The van der Waals surface area contributed by atoms with Crippen molar-refractivity contribution in [2.24, 2.45) is 0 Å². The van der Waals surface area contributed by atoms with E-state index in [4.69, 9.17) is 0 Å². The fraction of sp³-hybridized carbons (Fsp3) is 0.286. The smallest absolute Gasteiger partial charge is 0.0345 e. The van der Waals surface area contributed by atoms with Gasteiger partial charge < -0.3 is 5.32 Å². The first-order chi connectivity index (χ1) is 7.95. The van der Waals surface area contributed by atoms with Crippen LogP contribution in [0.4, 0.5) is 0 Å². The normalized spacial score (nSPS) is 20.1. The van der Waals surface area contributed by atoms with Crippen molar-refractivity contribution in [3.8, 4) is 10.4 Å². The molecular formula is C14H15NS. The average molecular weight is 229 g/mol. The minimum Gasteiger partial charge on any atom is -0.316 e. The molecule has 3 rings (SSSR count). The van der Waals surface area contributed by atoms with Gasteiger partial charge in [0.25, 0.3) is 0 Å². The molecule has 1 N–H and O–H groups in total. The molecule has 0 spiro atoms. The number of rotatable bonds is 2. The first-order valence-corrected chi connectivity index (χ1v) is 6.66. The first kappa shape index (κ1) is 10.1. The van der Waals surface area contributed by atoms with E-state index in [1.807, 2.05) is 11.3 Å². The van der Waals surface area contributed by atoms with Crippen LogP contribution in [-0.2, 0) is 0 Å². The summed E-state index contributed by atoms with van der Waals surface area (Å²) in [5.41, 5.74) is 2.93. The van der Waals surface area contributed by atoms with Crippen molar-refractivity contribution >= 4 is 11.3 Å². The molecule has 1 aromatic carbocycles. The van der Waals surface area contributed by atoms with Crippen molar-refractivity contribution < 1.29 is 0 Å². The van der Waals surface area contributed by atoms with Crippen LogP contribution in [0.2, 0.25) is 0 Å². The van der Waals surface area contributed by atoms with Gasteiger partial charge in [0.05, 0.1) is 0 Å². The van der Waals surface area contributed by atoms with Gasteiger partial charge in [0.15, 0.2) is 0 Å². The molecular weight excluding hydrogens is 214 g/mol. The molecule has 0 aliphatic carbocycles. The van der Waals surface area contributed by atoms with Crippen LogP contribution in [0, 0.1) is 0 Å². The molecule has 0 radical (unpaired) electrons. The van der Waals surface area contributed by atoms with Gasteiger partial charge in [-0.15, -0.1) is 11.3 Å². The van der Waals surface area contributed by atoms with Gasteiger partial charge in [0.1, 0.15) is 0 Å². The van der Waals surface area contributed by atoms with Crippen LogP contribution in [0.15, 0.2) is 41.8 Å². The van der Waals surface area contributed by atoms with Crippen molar-refractivity contribution in [2.45, 2.75) is 12.3 Å². The van der Waals surface area contributed by atoms with Gasteiger partial charge >= 0.3 is 0 Å². The highest BCUT2D eigenvalue weighted by Crippen LogP contribution is 2.34. The summed E-state index contributed by atoms with van der Waals surface area (Å²) in [5.74, 6) is 0.693. The van der Waals surface area contributed by atoms with Gasteiger partial charge in [-0.2, -0.15) is 0 Å². The Hall–Kier alpha value is -1.12. The van der Waals surface area contributed by atoms with Crippen molar-refractivity contribution in [3.05, 3.63) is 47.3 Å². The lowest BCUT2D eigenvalue weighted by atomic mass is 9.93. The van der Waals surface area contributed by atoms with Gasteiger partial charge in [-0.1, -0.05) is 30.3 Å². The third-order valence-corrected chi connectivity index (χ3v) is 4.15. The van der Waals surface area contributed by atoms with Crippen molar-refractivity contribution in [3.63, 3.8) is 0 Å². The Morgan fingerprint density at radius 2 is 2.06 bits per heavy atom. The summed E-state index contributed by atoms with van der Waals surface area (Å²) in [6, 6.07) is 13.2. The second-order valence-corrected chi connectivity index (χ2v) is 5.20. The van der Waals surface area contributed by atoms with E-state index in [1.165, 1.54) is 22.4 Å². The van der Waals surface area contributed by atoms with E-state index in [1.54, 1.807) is 0 Å². The number of hydrogen-bond acceptors (Lipinski definition) is 2. The average Bonchev–Trinajstić information content (AvgIpc) is 3.03. The lowest BCUT2D eigenvalue weighted by Gasteiger charge is -2.13. The standard InChI is InChI=1S/C14H15NS/c1-2-5-13(14-6-3-9-16-14)12(4-1)11-7-8-15-10-11/h1-6,9,11,15H,7-8,10H2. The molecule has 1 fully saturated rings. The highest BCUT2D eigenvalue weighted by Gasteiger charge is 2.19. The van der Waals surface area contributed by atoms with E-state index in [2.05, 4.69) is 47.1 Å². The molecule has 16 heavy (non-hydrogen) atoms. The lowest BCUT2D eigenvalue weighted by molar-refractivity contribution is 0.765. The van der Waals surface area contributed by atoms with Crippen LogP contribution in [0.1, 0.15) is 17.9 Å². The molecule has 1 aliphatic heterocycles. The number of nitrogens with one attached hydrogen (secondary N) is 1. The Bertz CT molecular complexity index is 455. The third-order valence-electron chi connectivity index (χ3n) is 3.25. The summed E-state index contributed by atoms with van der Waals surface area (Å²) in [5, 5.41) is 5.60. The molecule has 0 amide bonds. The summed E-state index contributed by atoms with van der Waals surface area (Å²) >= 11 is 1.83. The van der Waals surface area contributed by atoms with Crippen LogP contribution >= 0.6 is 11.3 Å². The number of thiophene rings is 1. The predicted octanol–water partition coefficient (Wildman–Crippen LogP) is 3.49. The van der Waals surface area contributed by atoms with Crippen LogP contribution < -0.4 is 5.32 Å². The Morgan fingerprint density at radius 1 is 1.12 bits per heavy atom. The van der Waals surface area contributed by atoms with Gasteiger partial charge in [-0.05, 0) is 41.5 Å². The third kappa shape index (κ3) is 1.79. The molecule has 0 bridgehead atoms. The molecule has 1 saturated heterocycles. The summed E-state index contributed by atoms with van der Waals surface area (Å²) < 4.78 is 0. The topological polar surface area (TPSA) is 12.0 Å². The summed E-state index contributed by atoms with van der Waals surface area (Å²) in [4.78, 5) is 1.39. The van der Waals surface area contributed by atoms with E-state index in [0.29, 0.717) is 5.92 Å². The molecule has 0 saturated carbocycles. The molecule has 1 atom stereocenters. The second-order valence-electron chi connectivity index (χ2n) is 4.25. The van der Waals surface area contributed by atoms with E-state index in [0.717, 1.165) is 13.1 Å². The lowest BCUT2D eigenvalue weighted by Crippen LogP contribution is -2.08. The summed E-state index contributed by atoms with van der Waals surface area (Å²) in [6.07, 6.45) is 1.27. The minimum atomic E-state index is 0.693.